The summed E-state index contributed by atoms with van der Waals surface area (Å²) in [4.78, 5) is 26.7. The van der Waals surface area contributed by atoms with Crippen molar-refractivity contribution in [2.75, 3.05) is 33.0 Å². The monoisotopic (exact) mass is 445 g/mol. The van der Waals surface area contributed by atoms with Crippen LogP contribution in [0.1, 0.15) is 32.8 Å². The van der Waals surface area contributed by atoms with Crippen molar-refractivity contribution in [1.82, 2.24) is 14.5 Å². The molecule has 1 aromatic carbocycles. The maximum atomic E-state index is 13.2. The number of sulfonamides is 1. The lowest BCUT2D eigenvalue weighted by atomic mass is 10.1. The van der Waals surface area contributed by atoms with Crippen molar-refractivity contribution in [1.29, 1.82) is 0 Å². The summed E-state index contributed by atoms with van der Waals surface area (Å²) in [5, 5.41) is 2.77. The first-order chi connectivity index (χ1) is 13.9. The molecule has 10 heteroatoms. The fourth-order valence-corrected chi connectivity index (χ4v) is 2.86. The molecule has 0 heterocycles. The van der Waals surface area contributed by atoms with Gasteiger partial charge in [-0.05, 0) is 44.9 Å². The van der Waals surface area contributed by atoms with Crippen molar-refractivity contribution >= 4 is 21.8 Å². The van der Waals surface area contributed by atoms with Crippen LogP contribution >= 0.6 is 0 Å². The van der Waals surface area contributed by atoms with Crippen LogP contribution in [0.3, 0.4) is 0 Å². The Bertz CT molecular complexity index is 799. The number of carbonyl (C=O) groups is 2. The van der Waals surface area contributed by atoms with Gasteiger partial charge >= 0.3 is 0 Å². The van der Waals surface area contributed by atoms with Crippen LogP contribution in [0.25, 0.3) is 0 Å². The van der Waals surface area contributed by atoms with Crippen LogP contribution in [-0.2, 0) is 30.9 Å². The molecular weight excluding hydrogens is 413 g/mol. The van der Waals surface area contributed by atoms with Crippen LogP contribution in [0.15, 0.2) is 24.3 Å². The lowest BCUT2D eigenvalue weighted by Crippen LogP contribution is -2.50. The Balaban J connectivity index is 2.85. The Hall–Kier alpha value is -2.04. The largest absolute Gasteiger partial charge is 0.379 e. The van der Waals surface area contributed by atoms with E-state index in [0.29, 0.717) is 25.1 Å². The van der Waals surface area contributed by atoms with E-state index in [0.717, 1.165) is 10.6 Å². The summed E-state index contributed by atoms with van der Waals surface area (Å²) in [7, 11) is -2.27. The Morgan fingerprint density at radius 2 is 1.77 bits per heavy atom. The van der Waals surface area contributed by atoms with Gasteiger partial charge in [-0.15, -0.1) is 0 Å². The molecule has 170 valence electrons. The van der Waals surface area contributed by atoms with E-state index in [9.17, 15) is 22.4 Å². The van der Waals surface area contributed by atoms with Crippen LogP contribution < -0.4 is 5.32 Å². The van der Waals surface area contributed by atoms with E-state index >= 15 is 0 Å². The fourth-order valence-electron chi connectivity index (χ4n) is 2.52. The molecule has 1 N–H and O–H groups in total. The standard InChI is InChI=1S/C20H32FN3O5S/c1-15(2)29-12-6-11-22-20(26)16(3)24(13-17-7-9-18(21)10-8-17)19(25)14-23(4)30(5,27)28/h7-10,15-16H,6,11-14H2,1-5H3,(H,22,26). The maximum Gasteiger partial charge on any atom is 0.242 e. The van der Waals surface area contributed by atoms with E-state index in [1.165, 1.54) is 36.2 Å². The summed E-state index contributed by atoms with van der Waals surface area (Å²) in [6, 6.07) is 4.72. The lowest BCUT2D eigenvalue weighted by Gasteiger charge is -2.30. The van der Waals surface area contributed by atoms with Crippen LogP contribution in [0, 0.1) is 5.82 Å². The third kappa shape index (κ3) is 9.19. The molecule has 0 radical (unpaired) electrons. The molecular formula is C20H32FN3O5S. The van der Waals surface area contributed by atoms with Gasteiger partial charge in [0.2, 0.25) is 21.8 Å². The number of carbonyl (C=O) groups excluding carboxylic acids is 2. The topological polar surface area (TPSA) is 96.0 Å². The van der Waals surface area contributed by atoms with E-state index in [-0.39, 0.29) is 18.6 Å². The average Bonchev–Trinajstić information content (AvgIpc) is 2.65. The highest BCUT2D eigenvalue weighted by Crippen LogP contribution is 2.12. The molecule has 2 amide bonds. The Labute approximate surface area is 178 Å². The fraction of sp³-hybridized carbons (Fsp3) is 0.600. The second-order valence-corrected chi connectivity index (χ2v) is 9.50. The van der Waals surface area contributed by atoms with Gasteiger partial charge in [-0.25, -0.2) is 12.8 Å². The molecule has 8 nitrogen and oxygen atoms in total. The molecule has 0 aliphatic carbocycles. The SMILES string of the molecule is CC(C)OCCCNC(=O)C(C)N(Cc1ccc(F)cc1)C(=O)CN(C)S(C)(=O)=O. The molecule has 0 aliphatic heterocycles. The quantitative estimate of drug-likeness (QED) is 0.490. The van der Waals surface area contributed by atoms with Crippen LogP contribution in [-0.4, -0.2) is 74.6 Å². The molecule has 0 aliphatic rings. The van der Waals surface area contributed by atoms with Gasteiger partial charge in [0.1, 0.15) is 11.9 Å². The highest BCUT2D eigenvalue weighted by atomic mass is 32.2. The molecule has 0 saturated heterocycles. The van der Waals surface area contributed by atoms with E-state index in [2.05, 4.69) is 5.32 Å². The predicted octanol–water partition coefficient (Wildman–Crippen LogP) is 1.37. The second kappa shape index (κ2) is 12.0. The van der Waals surface area contributed by atoms with Gasteiger partial charge in [0.25, 0.3) is 0 Å². The zero-order chi connectivity index (χ0) is 22.9. The number of nitrogens with zero attached hydrogens (tertiary/aromatic N) is 2. The minimum atomic E-state index is -3.56. The average molecular weight is 446 g/mol. The molecule has 1 aromatic rings. The van der Waals surface area contributed by atoms with Crippen LogP contribution in [0.2, 0.25) is 0 Å². The zero-order valence-corrected chi connectivity index (χ0v) is 19.0. The maximum absolute atomic E-state index is 13.2. The minimum absolute atomic E-state index is 0.0434. The van der Waals surface area contributed by atoms with Gasteiger partial charge in [-0.1, -0.05) is 12.1 Å². The molecule has 1 rings (SSSR count). The van der Waals surface area contributed by atoms with Crippen LogP contribution in [0.5, 0.6) is 0 Å². The summed E-state index contributed by atoms with van der Waals surface area (Å²) in [5.41, 5.74) is 0.622. The van der Waals surface area contributed by atoms with Crippen LogP contribution in [0.4, 0.5) is 4.39 Å². The Kier molecular flexibility index (Phi) is 10.4. The van der Waals surface area contributed by atoms with Crippen molar-refractivity contribution in [3.8, 4) is 0 Å². The molecule has 0 saturated carbocycles. The third-order valence-electron chi connectivity index (χ3n) is 4.43. The number of ether oxygens (including phenoxy) is 1. The first kappa shape index (κ1) is 26.0. The number of nitrogens with one attached hydrogen (secondary N) is 1. The van der Waals surface area contributed by atoms with Gasteiger partial charge in [0.15, 0.2) is 0 Å². The number of rotatable bonds is 12. The second-order valence-electron chi connectivity index (χ2n) is 7.41. The molecule has 0 bridgehead atoms. The molecule has 0 spiro atoms. The van der Waals surface area contributed by atoms with Gasteiger partial charge in [0, 0.05) is 26.7 Å². The van der Waals surface area contributed by atoms with Crippen molar-refractivity contribution < 1.29 is 27.1 Å². The number of amides is 2. The molecule has 30 heavy (non-hydrogen) atoms. The Morgan fingerprint density at radius 3 is 2.30 bits per heavy atom. The third-order valence-corrected chi connectivity index (χ3v) is 5.69. The molecule has 1 atom stereocenters. The number of hydrogen-bond acceptors (Lipinski definition) is 5. The number of benzene rings is 1. The summed E-state index contributed by atoms with van der Waals surface area (Å²) in [6.07, 6.45) is 1.73. The van der Waals surface area contributed by atoms with Crippen molar-refractivity contribution in [3.63, 3.8) is 0 Å². The number of likely N-dealkylation sites (N-methyl/N-ethyl adjacent to an activating group) is 1. The molecule has 0 fully saturated rings. The van der Waals surface area contributed by atoms with E-state index < -0.39 is 34.3 Å². The van der Waals surface area contributed by atoms with E-state index in [1.807, 2.05) is 13.8 Å². The highest BCUT2D eigenvalue weighted by Gasteiger charge is 2.28. The van der Waals surface area contributed by atoms with E-state index in [4.69, 9.17) is 4.74 Å². The number of hydrogen-bond donors (Lipinski definition) is 1. The summed E-state index contributed by atoms with van der Waals surface area (Å²) in [6.45, 7) is 5.95. The van der Waals surface area contributed by atoms with Gasteiger partial charge in [0.05, 0.1) is 18.9 Å². The molecule has 0 aromatic heterocycles. The summed E-state index contributed by atoms with van der Waals surface area (Å²) < 4.78 is 42.9. The predicted molar refractivity (Wildman–Crippen MR) is 113 cm³/mol. The zero-order valence-electron chi connectivity index (χ0n) is 18.2. The minimum Gasteiger partial charge on any atom is -0.379 e. The highest BCUT2D eigenvalue weighted by molar-refractivity contribution is 7.88. The Morgan fingerprint density at radius 1 is 1.17 bits per heavy atom. The first-order valence-corrected chi connectivity index (χ1v) is 11.6. The van der Waals surface area contributed by atoms with Crippen molar-refractivity contribution in [3.05, 3.63) is 35.6 Å². The van der Waals surface area contributed by atoms with Crippen molar-refractivity contribution in [2.24, 2.45) is 0 Å². The van der Waals surface area contributed by atoms with Crippen molar-refractivity contribution in [2.45, 2.75) is 45.9 Å². The van der Waals surface area contributed by atoms with Gasteiger partial charge in [-0.2, -0.15) is 4.31 Å². The summed E-state index contributed by atoms with van der Waals surface area (Å²) >= 11 is 0. The number of halogens is 1. The van der Waals surface area contributed by atoms with E-state index in [1.54, 1.807) is 6.92 Å². The van der Waals surface area contributed by atoms with Gasteiger partial charge in [-0.3, -0.25) is 9.59 Å². The lowest BCUT2D eigenvalue weighted by molar-refractivity contribution is -0.140. The summed E-state index contributed by atoms with van der Waals surface area (Å²) in [5.74, 6) is -1.31. The smallest absolute Gasteiger partial charge is 0.242 e. The first-order valence-electron chi connectivity index (χ1n) is 9.76. The normalized spacial score (nSPS) is 12.8. The molecule has 1 unspecified atom stereocenters. The van der Waals surface area contributed by atoms with Gasteiger partial charge < -0.3 is 15.0 Å².